The van der Waals surface area contributed by atoms with Gasteiger partial charge in [-0.15, -0.1) is 0 Å². The van der Waals surface area contributed by atoms with Crippen LogP contribution in [0.4, 0.5) is 0 Å². The Morgan fingerprint density at radius 1 is 1.38 bits per heavy atom. The van der Waals surface area contributed by atoms with E-state index in [0.717, 1.165) is 11.1 Å². The minimum atomic E-state index is -0.853. The molecule has 0 saturated carbocycles. The first-order valence-electron chi connectivity index (χ1n) is 7.25. The smallest absolute Gasteiger partial charge is 0.258 e. The molecular formula is C16H23NO4. The second-order valence-electron chi connectivity index (χ2n) is 5.67. The normalized spacial score (nSPS) is 17.3. The molecule has 116 valence electrons. The van der Waals surface area contributed by atoms with E-state index in [1.807, 2.05) is 32.0 Å². The number of hydrogen-bond acceptors (Lipinski definition) is 4. The molecule has 1 saturated heterocycles. The summed E-state index contributed by atoms with van der Waals surface area (Å²) in [5.41, 5.74) is 1.31. The Bertz CT molecular complexity index is 495. The molecule has 2 N–H and O–H groups in total. The molecule has 0 atom stereocenters. The second kappa shape index (κ2) is 6.91. The van der Waals surface area contributed by atoms with Crippen molar-refractivity contribution >= 4 is 5.91 Å². The lowest BCUT2D eigenvalue weighted by Crippen LogP contribution is -2.47. The number of amides is 1. The third-order valence-corrected chi connectivity index (χ3v) is 3.73. The van der Waals surface area contributed by atoms with Gasteiger partial charge in [0.05, 0.1) is 5.60 Å². The van der Waals surface area contributed by atoms with Crippen LogP contribution in [0.2, 0.25) is 0 Å². The fourth-order valence-electron chi connectivity index (χ4n) is 2.35. The topological polar surface area (TPSA) is 67.8 Å². The maximum absolute atomic E-state index is 11.8. The first-order valence-corrected chi connectivity index (χ1v) is 7.25. The highest BCUT2D eigenvalue weighted by Crippen LogP contribution is 2.20. The lowest BCUT2D eigenvalue weighted by Gasteiger charge is -2.32. The van der Waals surface area contributed by atoms with Crippen LogP contribution in [0.25, 0.3) is 0 Å². The fraction of sp³-hybridized carbons (Fsp3) is 0.562. The molecule has 0 aromatic heterocycles. The van der Waals surface area contributed by atoms with Crippen LogP contribution in [-0.4, -0.2) is 43.0 Å². The van der Waals surface area contributed by atoms with Crippen molar-refractivity contribution in [1.29, 1.82) is 0 Å². The summed E-state index contributed by atoms with van der Waals surface area (Å²) in [5, 5.41) is 13.0. The summed E-state index contributed by atoms with van der Waals surface area (Å²) in [6, 6.07) is 5.83. The van der Waals surface area contributed by atoms with Crippen molar-refractivity contribution in [2.75, 3.05) is 26.4 Å². The minimum Gasteiger partial charge on any atom is -0.484 e. The number of ether oxygens (including phenoxy) is 2. The highest BCUT2D eigenvalue weighted by atomic mass is 16.5. The Morgan fingerprint density at radius 2 is 2.10 bits per heavy atom. The number of nitrogens with one attached hydrogen (secondary N) is 1. The van der Waals surface area contributed by atoms with Crippen molar-refractivity contribution in [2.24, 2.45) is 0 Å². The Hall–Kier alpha value is -1.59. The quantitative estimate of drug-likeness (QED) is 0.859. The molecule has 2 rings (SSSR count). The molecule has 1 fully saturated rings. The largest absolute Gasteiger partial charge is 0.484 e. The van der Waals surface area contributed by atoms with Crippen LogP contribution in [0.15, 0.2) is 18.2 Å². The van der Waals surface area contributed by atoms with E-state index in [1.54, 1.807) is 0 Å². The number of rotatable bonds is 5. The summed E-state index contributed by atoms with van der Waals surface area (Å²) in [7, 11) is 0. The van der Waals surface area contributed by atoms with Gasteiger partial charge in [0.15, 0.2) is 6.61 Å². The molecule has 0 spiro atoms. The van der Waals surface area contributed by atoms with E-state index >= 15 is 0 Å². The standard InChI is InChI=1S/C16H23NO4/c1-12-3-4-14(13(2)9-12)21-10-15(18)17-11-16(19)5-7-20-8-6-16/h3-4,9,19H,5-8,10-11H2,1-2H3,(H,17,18). The highest BCUT2D eigenvalue weighted by molar-refractivity contribution is 5.77. The molecule has 1 aromatic rings. The number of aliphatic hydroxyl groups is 1. The number of benzene rings is 1. The molecule has 1 heterocycles. The zero-order chi connectivity index (χ0) is 15.3. The van der Waals surface area contributed by atoms with Crippen LogP contribution in [0.5, 0.6) is 5.75 Å². The van der Waals surface area contributed by atoms with Gasteiger partial charge in [-0.3, -0.25) is 4.79 Å². The van der Waals surface area contributed by atoms with E-state index in [4.69, 9.17) is 9.47 Å². The average Bonchev–Trinajstić information content (AvgIpc) is 2.45. The number of hydrogen-bond donors (Lipinski definition) is 2. The van der Waals surface area contributed by atoms with Gasteiger partial charge in [0.1, 0.15) is 5.75 Å². The molecule has 0 radical (unpaired) electrons. The molecule has 0 bridgehead atoms. The molecule has 1 aromatic carbocycles. The van der Waals surface area contributed by atoms with Gasteiger partial charge in [0.2, 0.25) is 0 Å². The maximum atomic E-state index is 11.8. The van der Waals surface area contributed by atoms with Crippen molar-refractivity contribution in [3.05, 3.63) is 29.3 Å². The number of carbonyl (C=O) groups is 1. The lowest BCUT2D eigenvalue weighted by molar-refractivity contribution is -0.125. The Labute approximate surface area is 125 Å². The zero-order valence-corrected chi connectivity index (χ0v) is 12.6. The Morgan fingerprint density at radius 3 is 2.76 bits per heavy atom. The summed E-state index contributed by atoms with van der Waals surface area (Å²) in [4.78, 5) is 11.8. The van der Waals surface area contributed by atoms with Crippen LogP contribution in [0.1, 0.15) is 24.0 Å². The van der Waals surface area contributed by atoms with Gasteiger partial charge in [0, 0.05) is 32.6 Å². The molecule has 5 nitrogen and oxygen atoms in total. The first kappa shape index (κ1) is 15.8. The molecule has 1 aliphatic rings. The van der Waals surface area contributed by atoms with Crippen molar-refractivity contribution in [3.8, 4) is 5.75 Å². The summed E-state index contributed by atoms with van der Waals surface area (Å²) < 4.78 is 10.7. The lowest BCUT2D eigenvalue weighted by atomic mass is 9.94. The fourth-order valence-corrected chi connectivity index (χ4v) is 2.35. The van der Waals surface area contributed by atoms with Gasteiger partial charge in [0.25, 0.3) is 5.91 Å². The van der Waals surface area contributed by atoms with Gasteiger partial charge >= 0.3 is 0 Å². The van der Waals surface area contributed by atoms with Gasteiger partial charge in [-0.05, 0) is 25.5 Å². The minimum absolute atomic E-state index is 0.0452. The van der Waals surface area contributed by atoms with Crippen LogP contribution in [0, 0.1) is 13.8 Å². The molecule has 21 heavy (non-hydrogen) atoms. The van der Waals surface area contributed by atoms with Crippen LogP contribution in [-0.2, 0) is 9.53 Å². The molecule has 5 heteroatoms. The van der Waals surface area contributed by atoms with E-state index in [0.29, 0.717) is 31.8 Å². The molecule has 1 amide bonds. The van der Waals surface area contributed by atoms with Gasteiger partial charge in [-0.2, -0.15) is 0 Å². The van der Waals surface area contributed by atoms with E-state index in [-0.39, 0.29) is 19.1 Å². The third-order valence-electron chi connectivity index (χ3n) is 3.73. The van der Waals surface area contributed by atoms with Crippen LogP contribution >= 0.6 is 0 Å². The highest BCUT2D eigenvalue weighted by Gasteiger charge is 2.30. The van der Waals surface area contributed by atoms with E-state index in [9.17, 15) is 9.90 Å². The van der Waals surface area contributed by atoms with Crippen LogP contribution < -0.4 is 10.1 Å². The van der Waals surface area contributed by atoms with E-state index in [1.165, 1.54) is 0 Å². The third kappa shape index (κ3) is 4.72. The second-order valence-corrected chi connectivity index (χ2v) is 5.67. The summed E-state index contributed by atoms with van der Waals surface area (Å²) >= 11 is 0. The molecular weight excluding hydrogens is 270 g/mol. The zero-order valence-electron chi connectivity index (χ0n) is 12.6. The van der Waals surface area contributed by atoms with Crippen molar-refractivity contribution in [3.63, 3.8) is 0 Å². The SMILES string of the molecule is Cc1ccc(OCC(=O)NCC2(O)CCOCC2)c(C)c1. The number of carbonyl (C=O) groups excluding carboxylic acids is 1. The number of aryl methyl sites for hydroxylation is 2. The molecule has 0 unspecified atom stereocenters. The predicted octanol–water partition coefficient (Wildman–Crippen LogP) is 1.34. The van der Waals surface area contributed by atoms with Crippen molar-refractivity contribution in [1.82, 2.24) is 5.32 Å². The Kier molecular flexibility index (Phi) is 5.20. The van der Waals surface area contributed by atoms with Crippen molar-refractivity contribution < 1.29 is 19.4 Å². The predicted molar refractivity (Wildman–Crippen MR) is 79.4 cm³/mol. The van der Waals surface area contributed by atoms with Crippen molar-refractivity contribution in [2.45, 2.75) is 32.3 Å². The first-order chi connectivity index (χ1) is 9.98. The summed E-state index contributed by atoms with van der Waals surface area (Å²) in [6.45, 7) is 5.22. The molecule has 1 aliphatic heterocycles. The maximum Gasteiger partial charge on any atom is 0.258 e. The van der Waals surface area contributed by atoms with Crippen LogP contribution in [0.3, 0.4) is 0 Å². The molecule has 0 aliphatic carbocycles. The van der Waals surface area contributed by atoms with E-state index < -0.39 is 5.60 Å². The average molecular weight is 293 g/mol. The summed E-state index contributed by atoms with van der Waals surface area (Å²) in [6.07, 6.45) is 1.09. The van der Waals surface area contributed by atoms with E-state index in [2.05, 4.69) is 5.32 Å². The summed E-state index contributed by atoms with van der Waals surface area (Å²) in [5.74, 6) is 0.482. The Balaban J connectivity index is 1.77. The monoisotopic (exact) mass is 293 g/mol. The van der Waals surface area contributed by atoms with Gasteiger partial charge in [-0.1, -0.05) is 17.7 Å². The van der Waals surface area contributed by atoms with Gasteiger partial charge in [-0.25, -0.2) is 0 Å². The van der Waals surface area contributed by atoms with Gasteiger partial charge < -0.3 is 19.9 Å².